The first kappa shape index (κ1) is 19.4. The van der Waals surface area contributed by atoms with Crippen molar-refractivity contribution >= 4 is 22.2 Å². The van der Waals surface area contributed by atoms with Gasteiger partial charge in [-0.25, -0.2) is 13.2 Å². The van der Waals surface area contributed by atoms with Crippen LogP contribution in [0.15, 0.2) is 30.3 Å². The molecular weight excluding hydrogens is 342 g/mol. The van der Waals surface area contributed by atoms with Gasteiger partial charge in [-0.1, -0.05) is 30.3 Å². The lowest BCUT2D eigenvalue weighted by Gasteiger charge is -2.30. The van der Waals surface area contributed by atoms with Crippen molar-refractivity contribution in [2.75, 3.05) is 5.75 Å². The van der Waals surface area contributed by atoms with Crippen molar-refractivity contribution in [1.29, 1.82) is 0 Å². The second kappa shape index (κ2) is 7.56. The number of hydrogen-bond acceptors (Lipinski definition) is 5. The van der Waals surface area contributed by atoms with E-state index in [4.69, 9.17) is 4.74 Å². The van der Waals surface area contributed by atoms with E-state index in [1.54, 1.807) is 45.0 Å². The Balaban J connectivity index is 2.13. The summed E-state index contributed by atoms with van der Waals surface area (Å²) in [6, 6.07) is 7.74. The summed E-state index contributed by atoms with van der Waals surface area (Å²) in [5.74, 6) is -0.260. The van der Waals surface area contributed by atoms with E-state index in [2.05, 4.69) is 0 Å². The average Bonchev–Trinajstić information content (AvgIpc) is 2.88. The Morgan fingerprint density at radius 3 is 2.44 bits per heavy atom. The molecule has 0 aromatic heterocycles. The molecule has 6 nitrogen and oxygen atoms in total. The van der Waals surface area contributed by atoms with Gasteiger partial charge in [0.05, 0.1) is 17.5 Å². The van der Waals surface area contributed by atoms with Crippen LogP contribution in [0.4, 0.5) is 4.79 Å². The highest BCUT2D eigenvalue weighted by molar-refractivity contribution is 7.90. The molecule has 1 heterocycles. The lowest BCUT2D eigenvalue weighted by molar-refractivity contribution is -0.112. The average molecular weight is 367 g/mol. The van der Waals surface area contributed by atoms with Crippen LogP contribution >= 0.6 is 0 Å². The monoisotopic (exact) mass is 367 g/mol. The molecule has 7 heteroatoms. The van der Waals surface area contributed by atoms with Gasteiger partial charge in [0.25, 0.3) is 0 Å². The SMILES string of the molecule is CC(C)(C)OC(=O)N1[C@H](CS(=O)(=O)Cc2ccccc2)CC[C@@H]1C=O. The zero-order chi connectivity index (χ0) is 18.7. The third-order valence-electron chi connectivity index (χ3n) is 3.98. The molecule has 0 bridgehead atoms. The largest absolute Gasteiger partial charge is 0.444 e. The van der Waals surface area contributed by atoms with Gasteiger partial charge in [-0.05, 0) is 39.2 Å². The van der Waals surface area contributed by atoms with Crippen LogP contribution in [0.2, 0.25) is 0 Å². The number of carbonyl (C=O) groups excluding carboxylic acids is 2. The molecular formula is C18H25NO5S. The fourth-order valence-electron chi connectivity index (χ4n) is 2.99. The number of aldehydes is 1. The maximum atomic E-state index is 12.5. The normalized spacial score (nSPS) is 21.2. The summed E-state index contributed by atoms with van der Waals surface area (Å²) in [6.45, 7) is 5.20. The molecule has 0 N–H and O–H groups in total. The van der Waals surface area contributed by atoms with Crippen molar-refractivity contribution in [3.8, 4) is 0 Å². The first-order valence-corrected chi connectivity index (χ1v) is 10.1. The summed E-state index contributed by atoms with van der Waals surface area (Å²) >= 11 is 0. The maximum absolute atomic E-state index is 12.5. The second-order valence-electron chi connectivity index (χ2n) is 7.36. The Labute approximate surface area is 149 Å². The van der Waals surface area contributed by atoms with Crippen molar-refractivity contribution in [2.45, 2.75) is 57.1 Å². The number of ether oxygens (including phenoxy) is 1. The molecule has 1 saturated heterocycles. The van der Waals surface area contributed by atoms with Crippen LogP contribution in [0.3, 0.4) is 0 Å². The van der Waals surface area contributed by atoms with Gasteiger partial charge in [0.15, 0.2) is 9.84 Å². The summed E-state index contributed by atoms with van der Waals surface area (Å²) in [5, 5.41) is 0. The van der Waals surface area contributed by atoms with Crippen LogP contribution in [0, 0.1) is 0 Å². The fourth-order valence-corrected chi connectivity index (χ4v) is 4.72. The number of sulfone groups is 1. The molecule has 1 aromatic rings. The maximum Gasteiger partial charge on any atom is 0.411 e. The third kappa shape index (κ3) is 5.56. The van der Waals surface area contributed by atoms with Gasteiger partial charge in [-0.2, -0.15) is 0 Å². The summed E-state index contributed by atoms with van der Waals surface area (Å²) < 4.78 is 30.4. The number of hydrogen-bond donors (Lipinski definition) is 0. The Morgan fingerprint density at radius 1 is 1.24 bits per heavy atom. The Morgan fingerprint density at radius 2 is 1.88 bits per heavy atom. The van der Waals surface area contributed by atoms with Gasteiger partial charge in [0.1, 0.15) is 11.9 Å². The quantitative estimate of drug-likeness (QED) is 0.747. The Hall–Kier alpha value is -1.89. The molecule has 1 aromatic carbocycles. The van der Waals surface area contributed by atoms with E-state index in [1.165, 1.54) is 4.90 Å². The minimum absolute atomic E-state index is 0.0851. The second-order valence-corrected chi connectivity index (χ2v) is 9.47. The van der Waals surface area contributed by atoms with E-state index in [0.29, 0.717) is 24.7 Å². The number of carbonyl (C=O) groups is 2. The van der Waals surface area contributed by atoms with Crippen molar-refractivity contribution in [2.24, 2.45) is 0 Å². The van der Waals surface area contributed by atoms with E-state index >= 15 is 0 Å². The van der Waals surface area contributed by atoms with E-state index in [0.717, 1.165) is 0 Å². The first-order chi connectivity index (χ1) is 11.6. The smallest absolute Gasteiger partial charge is 0.411 e. The van der Waals surface area contributed by atoms with E-state index in [-0.39, 0.29) is 11.5 Å². The van der Waals surface area contributed by atoms with E-state index in [9.17, 15) is 18.0 Å². The number of amides is 1. The van der Waals surface area contributed by atoms with Gasteiger partial charge >= 0.3 is 6.09 Å². The molecule has 25 heavy (non-hydrogen) atoms. The van der Waals surface area contributed by atoms with Crippen LogP contribution in [0.5, 0.6) is 0 Å². The van der Waals surface area contributed by atoms with Crippen LogP contribution in [-0.4, -0.2) is 49.1 Å². The van der Waals surface area contributed by atoms with Crippen molar-refractivity contribution in [1.82, 2.24) is 4.90 Å². The number of rotatable bonds is 5. The molecule has 0 radical (unpaired) electrons. The molecule has 1 amide bonds. The van der Waals surface area contributed by atoms with Gasteiger partial charge < -0.3 is 9.53 Å². The molecule has 138 valence electrons. The van der Waals surface area contributed by atoms with E-state index < -0.39 is 33.6 Å². The van der Waals surface area contributed by atoms with Crippen LogP contribution in [-0.2, 0) is 25.1 Å². The minimum Gasteiger partial charge on any atom is -0.444 e. The van der Waals surface area contributed by atoms with Crippen LogP contribution in [0.25, 0.3) is 0 Å². The molecule has 0 spiro atoms. The predicted octanol–water partition coefficient (Wildman–Crippen LogP) is 2.57. The zero-order valence-electron chi connectivity index (χ0n) is 14.8. The Bertz CT molecular complexity index is 709. The summed E-state index contributed by atoms with van der Waals surface area (Å²) in [5.41, 5.74) is -0.00290. The summed E-state index contributed by atoms with van der Waals surface area (Å²) in [4.78, 5) is 25.0. The van der Waals surface area contributed by atoms with Crippen LogP contribution < -0.4 is 0 Å². The highest BCUT2D eigenvalue weighted by atomic mass is 32.2. The molecule has 2 atom stereocenters. The predicted molar refractivity (Wildman–Crippen MR) is 94.9 cm³/mol. The molecule has 1 aliphatic rings. The summed E-state index contributed by atoms with van der Waals surface area (Å²) in [6.07, 6.45) is 0.973. The topological polar surface area (TPSA) is 80.8 Å². The van der Waals surface area contributed by atoms with E-state index in [1.807, 2.05) is 6.07 Å². The zero-order valence-corrected chi connectivity index (χ0v) is 15.7. The molecule has 0 saturated carbocycles. The number of benzene rings is 1. The Kier molecular flexibility index (Phi) is 5.87. The highest BCUT2D eigenvalue weighted by Gasteiger charge is 2.41. The highest BCUT2D eigenvalue weighted by Crippen LogP contribution is 2.27. The molecule has 0 aliphatic carbocycles. The molecule has 1 fully saturated rings. The lowest BCUT2D eigenvalue weighted by Crippen LogP contribution is -2.47. The van der Waals surface area contributed by atoms with Gasteiger partial charge in [0.2, 0.25) is 0 Å². The molecule has 0 unspecified atom stereocenters. The number of likely N-dealkylation sites (tertiary alicyclic amines) is 1. The van der Waals surface area contributed by atoms with Crippen molar-refractivity contribution in [3.63, 3.8) is 0 Å². The minimum atomic E-state index is -3.43. The summed E-state index contributed by atoms with van der Waals surface area (Å²) in [7, 11) is -3.43. The third-order valence-corrected chi connectivity index (χ3v) is 5.65. The van der Waals surface area contributed by atoms with Crippen molar-refractivity contribution in [3.05, 3.63) is 35.9 Å². The van der Waals surface area contributed by atoms with Gasteiger partial charge in [0, 0.05) is 6.04 Å². The molecule has 1 aliphatic heterocycles. The first-order valence-electron chi connectivity index (χ1n) is 8.32. The standard InChI is InChI=1S/C18H25NO5S/c1-18(2,3)24-17(21)19-15(11-20)9-10-16(19)13-25(22,23)12-14-7-5-4-6-8-14/h4-8,11,15-16H,9-10,12-13H2,1-3H3/t15-,16+/m1/s1. The van der Waals surface area contributed by atoms with Gasteiger partial charge in [-0.3, -0.25) is 4.90 Å². The number of nitrogens with zero attached hydrogens (tertiary/aromatic N) is 1. The van der Waals surface area contributed by atoms with Crippen molar-refractivity contribution < 1.29 is 22.7 Å². The van der Waals surface area contributed by atoms with Crippen LogP contribution in [0.1, 0.15) is 39.2 Å². The fraction of sp³-hybridized carbons (Fsp3) is 0.556. The molecule has 2 rings (SSSR count). The van der Waals surface area contributed by atoms with Gasteiger partial charge in [-0.15, -0.1) is 0 Å². The lowest BCUT2D eigenvalue weighted by atomic mass is 10.2.